The minimum Gasteiger partial charge on any atom is -0.493 e. The Kier molecular flexibility index (Phi) is 11.4. The number of methoxy groups -OCH3 is 1. The van der Waals surface area contributed by atoms with Crippen LogP contribution in [0.4, 0.5) is 5.69 Å². The van der Waals surface area contributed by atoms with Gasteiger partial charge in [0.2, 0.25) is 0 Å². The molecule has 0 radical (unpaired) electrons. The lowest BCUT2D eigenvalue weighted by atomic mass is 10.1. The van der Waals surface area contributed by atoms with Crippen LogP contribution in [0.3, 0.4) is 0 Å². The topological polar surface area (TPSA) is 107 Å². The molecule has 2 amide bonds. The average Bonchev–Trinajstić information content (AvgIpc) is 3.02. The lowest BCUT2D eigenvalue weighted by Crippen LogP contribution is -2.21. The predicted molar refractivity (Wildman–Crippen MR) is 174 cm³/mol. The number of rotatable bonds is 13. The van der Waals surface area contributed by atoms with Crippen molar-refractivity contribution in [1.82, 2.24) is 5.43 Å². The number of hydrogen-bond donors (Lipinski definition) is 2. The van der Waals surface area contributed by atoms with Crippen LogP contribution in [0.25, 0.3) is 0 Å². The minimum absolute atomic E-state index is 0.217. The first-order valence-electron chi connectivity index (χ1n) is 13.9. The van der Waals surface area contributed by atoms with Crippen LogP contribution < -0.4 is 29.7 Å². The van der Waals surface area contributed by atoms with E-state index in [1.165, 1.54) is 13.3 Å². The van der Waals surface area contributed by atoms with Gasteiger partial charge in [-0.15, -0.1) is 0 Å². The van der Waals surface area contributed by atoms with Crippen molar-refractivity contribution in [1.29, 1.82) is 0 Å². The zero-order valence-corrected chi connectivity index (χ0v) is 26.6. The molecule has 10 heteroatoms. The lowest BCUT2D eigenvalue weighted by molar-refractivity contribution is -0.118. The van der Waals surface area contributed by atoms with Crippen LogP contribution in [0.5, 0.6) is 23.0 Å². The Morgan fingerprint density at radius 2 is 1.68 bits per heavy atom. The molecule has 0 saturated heterocycles. The second-order valence-corrected chi connectivity index (χ2v) is 10.6. The SMILES string of the molecule is CCOc1cc(C(=O)N/N=C/c2cc(Br)c(OCC(=O)Nc3cc(C)ccc3C)c(OC)c2)ccc1OCc1ccccc1. The normalized spacial score (nSPS) is 10.8. The van der Waals surface area contributed by atoms with Crippen LogP contribution in [0.2, 0.25) is 0 Å². The van der Waals surface area contributed by atoms with E-state index in [1.54, 1.807) is 30.3 Å². The summed E-state index contributed by atoms with van der Waals surface area (Å²) in [6.07, 6.45) is 1.48. The maximum Gasteiger partial charge on any atom is 0.271 e. The van der Waals surface area contributed by atoms with Gasteiger partial charge in [-0.3, -0.25) is 9.59 Å². The van der Waals surface area contributed by atoms with Gasteiger partial charge in [0.1, 0.15) is 6.61 Å². The number of aryl methyl sites for hydroxylation is 2. The van der Waals surface area contributed by atoms with Gasteiger partial charge in [0.15, 0.2) is 29.6 Å². The van der Waals surface area contributed by atoms with Crippen molar-refractivity contribution in [2.24, 2.45) is 5.10 Å². The maximum absolute atomic E-state index is 12.8. The molecule has 0 fully saturated rings. The van der Waals surface area contributed by atoms with E-state index in [-0.39, 0.29) is 12.5 Å². The highest BCUT2D eigenvalue weighted by Crippen LogP contribution is 2.36. The van der Waals surface area contributed by atoms with Crippen molar-refractivity contribution in [3.8, 4) is 23.0 Å². The van der Waals surface area contributed by atoms with Gasteiger partial charge in [-0.2, -0.15) is 5.10 Å². The molecule has 44 heavy (non-hydrogen) atoms. The Hall–Kier alpha value is -4.83. The fraction of sp³-hybridized carbons (Fsp3) is 0.206. The van der Waals surface area contributed by atoms with Gasteiger partial charge in [-0.25, -0.2) is 5.43 Å². The zero-order chi connectivity index (χ0) is 31.5. The molecule has 0 atom stereocenters. The number of amides is 2. The number of nitrogens with zero attached hydrogens (tertiary/aromatic N) is 1. The third kappa shape index (κ3) is 8.84. The van der Waals surface area contributed by atoms with E-state index in [9.17, 15) is 9.59 Å². The summed E-state index contributed by atoms with van der Waals surface area (Å²) in [6.45, 7) is 6.32. The Morgan fingerprint density at radius 3 is 2.43 bits per heavy atom. The van der Waals surface area contributed by atoms with E-state index in [4.69, 9.17) is 18.9 Å². The highest BCUT2D eigenvalue weighted by Gasteiger charge is 2.15. The Morgan fingerprint density at radius 1 is 0.886 bits per heavy atom. The molecule has 0 saturated carbocycles. The smallest absolute Gasteiger partial charge is 0.271 e. The number of anilines is 1. The van der Waals surface area contributed by atoms with E-state index >= 15 is 0 Å². The molecule has 4 aromatic carbocycles. The zero-order valence-electron chi connectivity index (χ0n) is 25.0. The highest BCUT2D eigenvalue weighted by atomic mass is 79.9. The van der Waals surface area contributed by atoms with Crippen LogP contribution in [0.1, 0.15) is 39.5 Å². The molecule has 0 bridgehead atoms. The second kappa shape index (κ2) is 15.6. The number of carbonyl (C=O) groups is 2. The first kappa shape index (κ1) is 32.1. The first-order valence-corrected chi connectivity index (χ1v) is 14.7. The third-order valence-corrected chi connectivity index (χ3v) is 6.98. The van der Waals surface area contributed by atoms with E-state index in [2.05, 4.69) is 31.8 Å². The molecule has 228 valence electrons. The van der Waals surface area contributed by atoms with Crippen LogP contribution in [-0.4, -0.2) is 38.4 Å². The Balaban J connectivity index is 1.37. The summed E-state index contributed by atoms with van der Waals surface area (Å²) in [5.74, 6) is 1.04. The van der Waals surface area contributed by atoms with Gasteiger partial charge >= 0.3 is 0 Å². The number of benzene rings is 4. The van der Waals surface area contributed by atoms with Crippen molar-refractivity contribution < 1.29 is 28.5 Å². The third-order valence-electron chi connectivity index (χ3n) is 6.39. The molecule has 0 aliphatic heterocycles. The van der Waals surface area contributed by atoms with Crippen molar-refractivity contribution >= 4 is 39.6 Å². The summed E-state index contributed by atoms with van der Waals surface area (Å²) < 4.78 is 23.5. The van der Waals surface area contributed by atoms with Crippen LogP contribution >= 0.6 is 15.9 Å². The summed E-state index contributed by atoms with van der Waals surface area (Å²) in [5, 5.41) is 6.97. The molecule has 0 aliphatic carbocycles. The van der Waals surface area contributed by atoms with Gasteiger partial charge in [0.25, 0.3) is 11.8 Å². The standard InChI is InChI=1S/C34H34BrN3O6/c1-5-42-30-18-26(13-14-29(30)43-20-24-9-7-6-8-10-24)34(40)38-36-19-25-16-27(35)33(31(17-25)41-4)44-21-32(39)37-28-15-22(2)11-12-23(28)3/h6-19H,5,20-21H2,1-4H3,(H,37,39)(H,38,40)/b36-19+. The van der Waals surface area contributed by atoms with E-state index in [0.717, 1.165) is 22.4 Å². The lowest BCUT2D eigenvalue weighted by Gasteiger charge is -2.14. The molecule has 0 unspecified atom stereocenters. The second-order valence-electron chi connectivity index (χ2n) is 9.76. The summed E-state index contributed by atoms with van der Waals surface area (Å²) in [4.78, 5) is 25.4. The molecular formula is C34H34BrN3O6. The van der Waals surface area contributed by atoms with Crippen LogP contribution in [0.15, 0.2) is 88.4 Å². The number of halogens is 1. The number of carbonyl (C=O) groups excluding carboxylic acids is 2. The van der Waals surface area contributed by atoms with Crippen molar-refractivity contribution in [2.75, 3.05) is 25.6 Å². The average molecular weight is 661 g/mol. The van der Waals surface area contributed by atoms with E-state index < -0.39 is 5.91 Å². The molecular weight excluding hydrogens is 626 g/mol. The Bertz CT molecular complexity index is 1640. The molecule has 4 aromatic rings. The van der Waals surface area contributed by atoms with Gasteiger partial charge in [-0.05, 0) is 95.4 Å². The van der Waals surface area contributed by atoms with Crippen LogP contribution in [-0.2, 0) is 11.4 Å². The van der Waals surface area contributed by atoms with Crippen molar-refractivity contribution in [2.45, 2.75) is 27.4 Å². The number of nitrogens with one attached hydrogen (secondary N) is 2. The molecule has 0 aromatic heterocycles. The summed E-state index contributed by atoms with van der Waals surface area (Å²) in [7, 11) is 1.50. The monoisotopic (exact) mass is 659 g/mol. The van der Waals surface area contributed by atoms with Crippen molar-refractivity contribution in [3.63, 3.8) is 0 Å². The molecule has 9 nitrogen and oxygen atoms in total. The minimum atomic E-state index is -0.419. The van der Waals surface area contributed by atoms with Crippen molar-refractivity contribution in [3.05, 3.63) is 111 Å². The number of hydrazone groups is 1. The van der Waals surface area contributed by atoms with Gasteiger partial charge < -0.3 is 24.3 Å². The summed E-state index contributed by atoms with van der Waals surface area (Å²) in [5.41, 5.74) is 7.27. The number of hydrogen-bond acceptors (Lipinski definition) is 7. The largest absolute Gasteiger partial charge is 0.493 e. The summed E-state index contributed by atoms with van der Waals surface area (Å²) >= 11 is 3.48. The molecule has 0 heterocycles. The number of ether oxygens (including phenoxy) is 4. The highest BCUT2D eigenvalue weighted by molar-refractivity contribution is 9.10. The van der Waals surface area contributed by atoms with Gasteiger partial charge in [-0.1, -0.05) is 42.5 Å². The molecule has 0 spiro atoms. The fourth-order valence-electron chi connectivity index (χ4n) is 4.15. The van der Waals surface area contributed by atoms with Gasteiger partial charge in [0, 0.05) is 11.3 Å². The van der Waals surface area contributed by atoms with Gasteiger partial charge in [0.05, 0.1) is 24.4 Å². The molecule has 4 rings (SSSR count). The fourth-order valence-corrected chi connectivity index (χ4v) is 4.73. The Labute approximate surface area is 265 Å². The predicted octanol–water partition coefficient (Wildman–Crippen LogP) is 6.83. The summed E-state index contributed by atoms with van der Waals surface area (Å²) in [6, 6.07) is 24.0. The van der Waals surface area contributed by atoms with E-state index in [1.807, 2.05) is 69.3 Å². The first-order chi connectivity index (χ1) is 21.3. The quantitative estimate of drug-likeness (QED) is 0.120. The molecule has 2 N–H and O–H groups in total. The maximum atomic E-state index is 12.8. The van der Waals surface area contributed by atoms with Crippen LogP contribution in [0, 0.1) is 13.8 Å². The molecule has 0 aliphatic rings. The van der Waals surface area contributed by atoms with E-state index in [0.29, 0.717) is 51.8 Å².